The lowest BCUT2D eigenvalue weighted by molar-refractivity contribution is -0.384. The minimum Gasteiger partial charge on any atom is -0.363 e. The van der Waals surface area contributed by atoms with Gasteiger partial charge >= 0.3 is 12.2 Å². The second-order valence-electron chi connectivity index (χ2n) is 8.51. The zero-order valence-corrected chi connectivity index (χ0v) is 17.4. The van der Waals surface area contributed by atoms with Gasteiger partial charge in [-0.25, -0.2) is 9.69 Å². The van der Waals surface area contributed by atoms with Crippen molar-refractivity contribution in [2.45, 2.75) is 43.8 Å². The molecule has 2 saturated heterocycles. The lowest BCUT2D eigenvalue weighted by atomic mass is 9.82. The SMILES string of the molecule is O=C1NC2(CCCCC2)C(=O)N1CN1CCN(c2ccc(C(F)(F)F)cc2[N+](=O)[O-])CC1. The van der Waals surface area contributed by atoms with Crippen LogP contribution >= 0.6 is 0 Å². The highest BCUT2D eigenvalue weighted by Crippen LogP contribution is 2.37. The molecule has 3 amide bonds. The largest absolute Gasteiger partial charge is 0.416 e. The summed E-state index contributed by atoms with van der Waals surface area (Å²) in [5.41, 5.74) is -2.33. The van der Waals surface area contributed by atoms with Crippen molar-refractivity contribution in [2.75, 3.05) is 37.7 Å². The number of carbonyl (C=O) groups excluding carboxylic acids is 2. The fourth-order valence-corrected chi connectivity index (χ4v) is 4.74. The monoisotopic (exact) mass is 455 g/mol. The van der Waals surface area contributed by atoms with Crippen molar-refractivity contribution in [3.63, 3.8) is 0 Å². The molecule has 0 aromatic heterocycles. The van der Waals surface area contributed by atoms with Crippen LogP contribution in [0.2, 0.25) is 0 Å². The first-order chi connectivity index (χ1) is 15.1. The molecule has 1 aliphatic carbocycles. The molecule has 0 unspecified atom stereocenters. The Morgan fingerprint density at radius 3 is 2.31 bits per heavy atom. The summed E-state index contributed by atoms with van der Waals surface area (Å²) < 4.78 is 38.8. The number of nitro groups is 1. The number of hydrogen-bond donors (Lipinski definition) is 1. The van der Waals surface area contributed by atoms with Crippen molar-refractivity contribution < 1.29 is 27.7 Å². The fourth-order valence-electron chi connectivity index (χ4n) is 4.74. The lowest BCUT2D eigenvalue weighted by Crippen LogP contribution is -2.52. The molecule has 1 aromatic carbocycles. The Bertz CT molecular complexity index is 924. The number of urea groups is 1. The molecular formula is C20H24F3N5O4. The van der Waals surface area contributed by atoms with Gasteiger partial charge in [-0.1, -0.05) is 19.3 Å². The van der Waals surface area contributed by atoms with Crippen LogP contribution in [-0.2, 0) is 11.0 Å². The first-order valence-corrected chi connectivity index (χ1v) is 10.6. The van der Waals surface area contributed by atoms with Crippen LogP contribution in [0.5, 0.6) is 0 Å². The molecule has 174 valence electrons. The van der Waals surface area contributed by atoms with Crippen LogP contribution < -0.4 is 10.2 Å². The number of halogens is 3. The molecule has 32 heavy (non-hydrogen) atoms. The summed E-state index contributed by atoms with van der Waals surface area (Å²) in [5, 5.41) is 14.2. The molecule has 1 N–H and O–H groups in total. The smallest absolute Gasteiger partial charge is 0.363 e. The molecule has 0 bridgehead atoms. The highest BCUT2D eigenvalue weighted by molar-refractivity contribution is 6.07. The van der Waals surface area contributed by atoms with Crippen molar-refractivity contribution in [1.29, 1.82) is 0 Å². The number of rotatable bonds is 4. The van der Waals surface area contributed by atoms with E-state index in [0.29, 0.717) is 45.1 Å². The maximum Gasteiger partial charge on any atom is 0.416 e. The van der Waals surface area contributed by atoms with E-state index in [2.05, 4.69) is 5.32 Å². The highest BCUT2D eigenvalue weighted by Gasteiger charge is 2.51. The van der Waals surface area contributed by atoms with Crippen molar-refractivity contribution in [3.8, 4) is 0 Å². The zero-order chi connectivity index (χ0) is 23.1. The average Bonchev–Trinajstić information content (AvgIpc) is 2.97. The highest BCUT2D eigenvalue weighted by atomic mass is 19.4. The van der Waals surface area contributed by atoms with Crippen molar-refractivity contribution in [1.82, 2.24) is 15.1 Å². The minimum atomic E-state index is -4.67. The first kappa shape index (κ1) is 22.3. The summed E-state index contributed by atoms with van der Waals surface area (Å²) in [7, 11) is 0. The fraction of sp³-hybridized carbons (Fsp3) is 0.600. The topological polar surface area (TPSA) is 99.0 Å². The number of nitrogens with one attached hydrogen (secondary N) is 1. The van der Waals surface area contributed by atoms with Gasteiger partial charge in [0.15, 0.2) is 0 Å². The molecule has 3 aliphatic rings. The first-order valence-electron chi connectivity index (χ1n) is 10.6. The number of carbonyl (C=O) groups is 2. The normalized spacial score (nSPS) is 21.8. The van der Waals surface area contributed by atoms with Gasteiger partial charge in [0, 0.05) is 32.2 Å². The van der Waals surface area contributed by atoms with Crippen LogP contribution in [0.25, 0.3) is 0 Å². The summed E-state index contributed by atoms with van der Waals surface area (Å²) in [6.07, 6.45) is -0.558. The van der Waals surface area contributed by atoms with Crippen LogP contribution in [0.1, 0.15) is 37.7 Å². The summed E-state index contributed by atoms with van der Waals surface area (Å²) in [5.74, 6) is -0.206. The van der Waals surface area contributed by atoms with E-state index in [1.807, 2.05) is 4.90 Å². The van der Waals surface area contributed by atoms with Gasteiger partial charge in [0.2, 0.25) is 0 Å². The van der Waals surface area contributed by atoms with Gasteiger partial charge in [-0.3, -0.25) is 19.8 Å². The maximum atomic E-state index is 12.9. The number of imide groups is 1. The van der Waals surface area contributed by atoms with E-state index < -0.39 is 33.9 Å². The number of nitro benzene ring substituents is 1. The molecule has 1 spiro atoms. The standard InChI is InChI=1S/C20H24F3N5O4/c21-20(22,23)14-4-5-15(16(12-14)28(31)32)26-10-8-25(9-11-26)13-27-17(29)19(24-18(27)30)6-2-1-3-7-19/h4-5,12H,1-3,6-11,13H2,(H,24,30). The van der Waals surface area contributed by atoms with Gasteiger partial charge in [0.05, 0.1) is 17.2 Å². The van der Waals surface area contributed by atoms with E-state index in [-0.39, 0.29) is 18.3 Å². The third kappa shape index (κ3) is 4.10. The molecule has 2 aliphatic heterocycles. The number of benzene rings is 1. The molecule has 9 nitrogen and oxygen atoms in total. The van der Waals surface area contributed by atoms with E-state index in [9.17, 15) is 32.9 Å². The zero-order valence-electron chi connectivity index (χ0n) is 17.4. The Hall–Kier alpha value is -2.89. The number of anilines is 1. The Morgan fingerprint density at radius 1 is 1.06 bits per heavy atom. The van der Waals surface area contributed by atoms with Crippen molar-refractivity contribution in [3.05, 3.63) is 33.9 Å². The van der Waals surface area contributed by atoms with Gasteiger partial charge in [-0.15, -0.1) is 0 Å². The van der Waals surface area contributed by atoms with E-state index in [1.165, 1.54) is 4.90 Å². The molecule has 1 saturated carbocycles. The molecule has 3 fully saturated rings. The molecule has 12 heteroatoms. The molecule has 1 aromatic rings. The molecule has 2 heterocycles. The van der Waals surface area contributed by atoms with Gasteiger partial charge in [0.1, 0.15) is 11.2 Å². The summed E-state index contributed by atoms with van der Waals surface area (Å²) in [4.78, 5) is 40.7. The second-order valence-corrected chi connectivity index (χ2v) is 8.51. The molecule has 0 radical (unpaired) electrons. The van der Waals surface area contributed by atoms with Gasteiger partial charge in [0.25, 0.3) is 11.6 Å². The van der Waals surface area contributed by atoms with Crippen LogP contribution in [-0.4, -0.2) is 65.0 Å². The van der Waals surface area contributed by atoms with Crippen molar-refractivity contribution >= 4 is 23.3 Å². The summed E-state index contributed by atoms with van der Waals surface area (Å²) >= 11 is 0. The van der Waals surface area contributed by atoms with Gasteiger partial charge < -0.3 is 10.2 Å². The number of piperazine rings is 1. The second kappa shape index (κ2) is 8.23. The quantitative estimate of drug-likeness (QED) is 0.426. The number of nitrogens with zero attached hydrogens (tertiary/aromatic N) is 4. The third-order valence-corrected chi connectivity index (χ3v) is 6.51. The van der Waals surface area contributed by atoms with Gasteiger partial charge in [-0.2, -0.15) is 13.2 Å². The minimum absolute atomic E-state index is 0.120. The Morgan fingerprint density at radius 2 is 1.72 bits per heavy atom. The van der Waals surface area contributed by atoms with Crippen molar-refractivity contribution in [2.24, 2.45) is 0 Å². The molecule has 0 atom stereocenters. The summed E-state index contributed by atoms with van der Waals surface area (Å²) in [6.45, 7) is 1.57. The predicted octanol–water partition coefficient (Wildman–Crippen LogP) is 2.95. The Labute approximate surface area is 182 Å². The lowest BCUT2D eigenvalue weighted by Gasteiger charge is -2.37. The maximum absolute atomic E-state index is 12.9. The van der Waals surface area contributed by atoms with Crippen LogP contribution in [0.4, 0.5) is 29.3 Å². The molecule has 4 rings (SSSR count). The number of amides is 3. The van der Waals surface area contributed by atoms with Gasteiger partial charge in [-0.05, 0) is 25.0 Å². The predicted molar refractivity (Wildman–Crippen MR) is 108 cm³/mol. The average molecular weight is 455 g/mol. The van der Waals surface area contributed by atoms with Crippen LogP contribution in [0.3, 0.4) is 0 Å². The van der Waals surface area contributed by atoms with E-state index >= 15 is 0 Å². The van der Waals surface area contributed by atoms with Crippen LogP contribution in [0, 0.1) is 10.1 Å². The summed E-state index contributed by atoms with van der Waals surface area (Å²) in [6, 6.07) is 2.11. The van der Waals surface area contributed by atoms with E-state index in [0.717, 1.165) is 31.4 Å². The van der Waals surface area contributed by atoms with Crippen LogP contribution in [0.15, 0.2) is 18.2 Å². The number of alkyl halides is 3. The van der Waals surface area contributed by atoms with E-state index in [4.69, 9.17) is 0 Å². The number of hydrogen-bond acceptors (Lipinski definition) is 6. The third-order valence-electron chi connectivity index (χ3n) is 6.51. The van der Waals surface area contributed by atoms with E-state index in [1.54, 1.807) is 4.90 Å². The Kier molecular flexibility index (Phi) is 5.74. The molecular weight excluding hydrogens is 431 g/mol. The Balaban J connectivity index is 1.41.